The molecule has 4 nitrogen and oxygen atoms in total. The van der Waals surface area contributed by atoms with E-state index >= 15 is 0 Å². The zero-order valence-corrected chi connectivity index (χ0v) is 12.9. The second-order valence-electron chi connectivity index (χ2n) is 6.06. The number of hydrogen-bond acceptors (Lipinski definition) is 2. The first kappa shape index (κ1) is 16.5. The van der Waals surface area contributed by atoms with E-state index in [0.717, 1.165) is 5.56 Å². The Kier molecular flexibility index (Phi) is 6.02. The lowest BCUT2D eigenvalue weighted by molar-refractivity contribution is 0.214. The Hall–Kier alpha value is -1.55. The van der Waals surface area contributed by atoms with Crippen LogP contribution in [0.4, 0.5) is 4.79 Å². The van der Waals surface area contributed by atoms with Crippen molar-refractivity contribution in [3.8, 4) is 0 Å². The van der Waals surface area contributed by atoms with Gasteiger partial charge in [0.1, 0.15) is 0 Å². The van der Waals surface area contributed by atoms with Crippen LogP contribution >= 0.6 is 0 Å². The molecule has 0 spiro atoms. The lowest BCUT2D eigenvalue weighted by Crippen LogP contribution is -2.43. The summed E-state index contributed by atoms with van der Waals surface area (Å²) >= 11 is 0. The molecule has 0 aliphatic rings. The largest absolute Gasteiger partial charge is 0.394 e. The van der Waals surface area contributed by atoms with E-state index in [-0.39, 0.29) is 24.1 Å². The van der Waals surface area contributed by atoms with E-state index in [2.05, 4.69) is 43.5 Å². The number of amides is 2. The number of carbonyl (C=O) groups excluding carboxylic acids is 1. The van der Waals surface area contributed by atoms with Crippen LogP contribution in [0, 0.1) is 0 Å². The molecule has 1 aromatic rings. The number of carbonyl (C=O) groups is 1. The number of urea groups is 1. The van der Waals surface area contributed by atoms with Gasteiger partial charge in [-0.1, -0.05) is 52.0 Å². The van der Waals surface area contributed by atoms with E-state index in [1.807, 2.05) is 19.1 Å². The first-order valence-electron chi connectivity index (χ1n) is 7.11. The predicted molar refractivity (Wildman–Crippen MR) is 81.7 cm³/mol. The van der Waals surface area contributed by atoms with Gasteiger partial charge < -0.3 is 15.7 Å². The Morgan fingerprint density at radius 3 is 2.30 bits per heavy atom. The van der Waals surface area contributed by atoms with Crippen molar-refractivity contribution in [2.24, 2.45) is 0 Å². The average molecular weight is 278 g/mol. The number of nitrogens with one attached hydrogen (secondary N) is 2. The summed E-state index contributed by atoms with van der Waals surface area (Å²) in [6.45, 7) is 8.89. The Labute approximate surface area is 121 Å². The van der Waals surface area contributed by atoms with Gasteiger partial charge in [-0.05, 0) is 23.0 Å². The van der Waals surface area contributed by atoms with Gasteiger partial charge >= 0.3 is 6.03 Å². The van der Waals surface area contributed by atoms with Gasteiger partial charge in [0.05, 0.1) is 12.6 Å². The molecule has 1 unspecified atom stereocenters. The highest BCUT2D eigenvalue weighted by atomic mass is 16.3. The number of hydrogen-bond donors (Lipinski definition) is 3. The molecule has 0 aromatic heterocycles. The topological polar surface area (TPSA) is 61.4 Å². The second kappa shape index (κ2) is 7.29. The van der Waals surface area contributed by atoms with E-state index < -0.39 is 0 Å². The van der Waals surface area contributed by atoms with Gasteiger partial charge in [0.15, 0.2) is 0 Å². The normalized spacial score (nSPS) is 12.8. The Morgan fingerprint density at radius 1 is 1.25 bits per heavy atom. The first-order chi connectivity index (χ1) is 9.36. The van der Waals surface area contributed by atoms with E-state index in [0.29, 0.717) is 13.0 Å². The van der Waals surface area contributed by atoms with Crippen molar-refractivity contribution in [3.05, 3.63) is 35.4 Å². The molecule has 0 saturated heterocycles. The highest BCUT2D eigenvalue weighted by Crippen LogP contribution is 2.22. The van der Waals surface area contributed by atoms with E-state index in [4.69, 9.17) is 5.11 Å². The van der Waals surface area contributed by atoms with Gasteiger partial charge in [-0.25, -0.2) is 4.79 Å². The molecule has 0 saturated carbocycles. The van der Waals surface area contributed by atoms with E-state index in [1.165, 1.54) is 5.56 Å². The minimum atomic E-state index is -0.245. The predicted octanol–water partition coefficient (Wildman–Crippen LogP) is 2.55. The van der Waals surface area contributed by atoms with E-state index in [1.54, 1.807) is 0 Å². The maximum absolute atomic E-state index is 11.6. The maximum Gasteiger partial charge on any atom is 0.315 e. The standard InChI is InChI=1S/C16H26N2O2/c1-5-14(11-19)18-15(20)17-10-12-6-8-13(9-7-12)16(2,3)4/h6-9,14,19H,5,10-11H2,1-4H3,(H2,17,18,20). The van der Waals surface area contributed by atoms with Crippen LogP contribution in [0.25, 0.3) is 0 Å². The zero-order chi connectivity index (χ0) is 15.2. The summed E-state index contributed by atoms with van der Waals surface area (Å²) in [5.74, 6) is 0. The van der Waals surface area contributed by atoms with Gasteiger partial charge in [-0.3, -0.25) is 0 Å². The first-order valence-corrected chi connectivity index (χ1v) is 7.11. The van der Waals surface area contributed by atoms with Crippen LogP contribution in [-0.2, 0) is 12.0 Å². The molecule has 1 atom stereocenters. The van der Waals surface area contributed by atoms with Crippen LogP contribution in [-0.4, -0.2) is 23.8 Å². The fourth-order valence-electron chi connectivity index (χ4n) is 1.82. The lowest BCUT2D eigenvalue weighted by Gasteiger charge is -2.19. The fourth-order valence-corrected chi connectivity index (χ4v) is 1.82. The molecule has 1 rings (SSSR count). The fraction of sp³-hybridized carbons (Fsp3) is 0.562. The molecule has 0 aliphatic carbocycles. The Bertz CT molecular complexity index is 417. The Balaban J connectivity index is 2.48. The molecule has 20 heavy (non-hydrogen) atoms. The van der Waals surface area contributed by atoms with Crippen molar-refractivity contribution >= 4 is 6.03 Å². The Morgan fingerprint density at radius 2 is 1.85 bits per heavy atom. The SMILES string of the molecule is CCC(CO)NC(=O)NCc1ccc(C(C)(C)C)cc1. The van der Waals surface area contributed by atoms with Crippen molar-refractivity contribution < 1.29 is 9.90 Å². The van der Waals surface area contributed by atoms with Crippen molar-refractivity contribution in [1.29, 1.82) is 0 Å². The van der Waals surface area contributed by atoms with Crippen LogP contribution in [0.15, 0.2) is 24.3 Å². The molecule has 0 radical (unpaired) electrons. The molecule has 0 fully saturated rings. The molecule has 3 N–H and O–H groups in total. The van der Waals surface area contributed by atoms with Gasteiger partial charge in [0.25, 0.3) is 0 Å². The molecule has 1 aromatic carbocycles. The summed E-state index contributed by atoms with van der Waals surface area (Å²) in [6, 6.07) is 7.83. The highest BCUT2D eigenvalue weighted by molar-refractivity contribution is 5.74. The van der Waals surface area contributed by atoms with Gasteiger partial charge in [0.2, 0.25) is 0 Å². The van der Waals surface area contributed by atoms with Crippen LogP contribution in [0.2, 0.25) is 0 Å². The van der Waals surface area contributed by atoms with Crippen LogP contribution < -0.4 is 10.6 Å². The van der Waals surface area contributed by atoms with Gasteiger partial charge in [-0.2, -0.15) is 0 Å². The van der Waals surface area contributed by atoms with Crippen molar-refractivity contribution in [2.75, 3.05) is 6.61 Å². The summed E-state index contributed by atoms with van der Waals surface area (Å²) in [4.78, 5) is 11.6. The lowest BCUT2D eigenvalue weighted by atomic mass is 9.87. The van der Waals surface area contributed by atoms with Gasteiger partial charge in [-0.15, -0.1) is 0 Å². The minimum absolute atomic E-state index is 0.0375. The number of aliphatic hydroxyl groups excluding tert-OH is 1. The average Bonchev–Trinajstić information content (AvgIpc) is 2.42. The quantitative estimate of drug-likeness (QED) is 0.775. The van der Waals surface area contributed by atoms with Crippen LogP contribution in [0.1, 0.15) is 45.2 Å². The number of rotatable bonds is 5. The van der Waals surface area contributed by atoms with Crippen molar-refractivity contribution in [2.45, 2.75) is 52.1 Å². The molecular weight excluding hydrogens is 252 g/mol. The minimum Gasteiger partial charge on any atom is -0.394 e. The monoisotopic (exact) mass is 278 g/mol. The van der Waals surface area contributed by atoms with Crippen molar-refractivity contribution in [1.82, 2.24) is 10.6 Å². The smallest absolute Gasteiger partial charge is 0.315 e. The van der Waals surface area contributed by atoms with Crippen LogP contribution in [0.5, 0.6) is 0 Å². The summed E-state index contributed by atoms with van der Waals surface area (Å²) in [7, 11) is 0. The third-order valence-corrected chi connectivity index (χ3v) is 3.32. The molecule has 2 amide bonds. The number of benzene rings is 1. The molecule has 112 valence electrons. The number of aliphatic hydroxyl groups is 1. The molecular formula is C16H26N2O2. The zero-order valence-electron chi connectivity index (χ0n) is 12.9. The third kappa shape index (κ3) is 5.21. The molecule has 0 heterocycles. The summed E-state index contributed by atoms with van der Waals surface area (Å²) < 4.78 is 0. The highest BCUT2D eigenvalue weighted by Gasteiger charge is 2.13. The maximum atomic E-state index is 11.6. The van der Waals surface area contributed by atoms with Crippen molar-refractivity contribution in [3.63, 3.8) is 0 Å². The van der Waals surface area contributed by atoms with E-state index in [9.17, 15) is 4.79 Å². The summed E-state index contributed by atoms with van der Waals surface area (Å²) in [6.07, 6.45) is 0.712. The molecule has 0 aliphatic heterocycles. The van der Waals surface area contributed by atoms with Gasteiger partial charge in [0, 0.05) is 6.54 Å². The van der Waals surface area contributed by atoms with Crippen LogP contribution in [0.3, 0.4) is 0 Å². The molecule has 4 heteroatoms. The molecule has 0 bridgehead atoms. The third-order valence-electron chi connectivity index (χ3n) is 3.32. The second-order valence-corrected chi connectivity index (χ2v) is 6.06. The summed E-state index contributed by atoms with van der Waals surface area (Å²) in [5, 5.41) is 14.5. The summed E-state index contributed by atoms with van der Waals surface area (Å²) in [5.41, 5.74) is 2.47.